The van der Waals surface area contributed by atoms with Crippen molar-refractivity contribution >= 4 is 17.6 Å². The molecule has 2 N–H and O–H groups in total. The van der Waals surface area contributed by atoms with E-state index in [9.17, 15) is 14.4 Å². The minimum absolute atomic E-state index is 0.0539. The van der Waals surface area contributed by atoms with Gasteiger partial charge in [0, 0.05) is 55.1 Å². The van der Waals surface area contributed by atoms with E-state index in [4.69, 9.17) is 0 Å². The second kappa shape index (κ2) is 10.2. The van der Waals surface area contributed by atoms with Crippen LogP contribution in [0.15, 0.2) is 73.1 Å². The summed E-state index contributed by atoms with van der Waals surface area (Å²) in [5, 5.41) is 5.50. The second-order valence-corrected chi connectivity index (χ2v) is 7.03. The van der Waals surface area contributed by atoms with Crippen molar-refractivity contribution in [3.63, 3.8) is 0 Å². The molecule has 30 heavy (non-hydrogen) atoms. The van der Waals surface area contributed by atoms with E-state index in [1.54, 1.807) is 24.3 Å². The third kappa shape index (κ3) is 5.91. The third-order valence-corrected chi connectivity index (χ3v) is 4.72. The van der Waals surface area contributed by atoms with E-state index >= 15 is 0 Å². The van der Waals surface area contributed by atoms with Gasteiger partial charge in [0.05, 0.1) is 0 Å². The molecule has 0 spiro atoms. The number of carbonyl (C=O) groups is 3. The zero-order valence-electron chi connectivity index (χ0n) is 16.9. The smallest absolute Gasteiger partial charge is 0.251 e. The number of amides is 2. The summed E-state index contributed by atoms with van der Waals surface area (Å²) < 4.78 is 1.96. The van der Waals surface area contributed by atoms with Crippen LogP contribution in [0.25, 0.3) is 5.69 Å². The highest BCUT2D eigenvalue weighted by Gasteiger charge is 2.09. The van der Waals surface area contributed by atoms with Gasteiger partial charge in [0.15, 0.2) is 5.78 Å². The zero-order valence-corrected chi connectivity index (χ0v) is 16.9. The maximum absolute atomic E-state index is 12.2. The fourth-order valence-electron chi connectivity index (χ4n) is 2.97. The van der Waals surface area contributed by atoms with Gasteiger partial charge in [-0.1, -0.05) is 29.8 Å². The molecule has 0 bridgehead atoms. The van der Waals surface area contributed by atoms with Crippen LogP contribution in [0.3, 0.4) is 0 Å². The van der Waals surface area contributed by atoms with E-state index < -0.39 is 0 Å². The number of aryl methyl sites for hydroxylation is 1. The Hall–Kier alpha value is -3.67. The van der Waals surface area contributed by atoms with Crippen molar-refractivity contribution in [2.45, 2.75) is 19.8 Å². The summed E-state index contributed by atoms with van der Waals surface area (Å²) in [5.74, 6) is -0.458. The van der Waals surface area contributed by atoms with Gasteiger partial charge in [-0.3, -0.25) is 14.4 Å². The lowest BCUT2D eigenvalue weighted by Gasteiger charge is -2.08. The predicted octanol–water partition coefficient (Wildman–Crippen LogP) is 3.29. The molecule has 2 amide bonds. The van der Waals surface area contributed by atoms with Crippen LogP contribution in [0.4, 0.5) is 0 Å². The van der Waals surface area contributed by atoms with Crippen LogP contribution >= 0.6 is 0 Å². The molecule has 3 rings (SSSR count). The standard InChI is InChI=1S/C24H25N3O3/c1-18-4-6-19(7-5-18)22(28)12-13-23(29)25-14-15-26-24(30)20-8-10-21(11-9-20)27-16-2-3-17-27/h2-11,16-17H,12-15H2,1H3,(H,25,29)(H,26,30). The first-order valence-corrected chi connectivity index (χ1v) is 9.91. The highest BCUT2D eigenvalue weighted by atomic mass is 16.2. The Morgan fingerprint density at radius 3 is 2.03 bits per heavy atom. The minimum Gasteiger partial charge on any atom is -0.354 e. The lowest BCUT2D eigenvalue weighted by molar-refractivity contribution is -0.121. The maximum Gasteiger partial charge on any atom is 0.251 e. The normalized spacial score (nSPS) is 10.4. The van der Waals surface area contributed by atoms with Crippen LogP contribution in [0.2, 0.25) is 0 Å². The number of rotatable bonds is 9. The van der Waals surface area contributed by atoms with E-state index in [-0.39, 0.29) is 30.4 Å². The number of aromatic nitrogens is 1. The molecule has 0 fully saturated rings. The van der Waals surface area contributed by atoms with E-state index in [0.29, 0.717) is 24.2 Å². The monoisotopic (exact) mass is 403 g/mol. The number of Topliss-reactive ketones (excluding diaryl/α,β-unsaturated/α-hetero) is 1. The molecule has 6 nitrogen and oxygen atoms in total. The summed E-state index contributed by atoms with van der Waals surface area (Å²) in [6.45, 7) is 2.58. The topological polar surface area (TPSA) is 80.2 Å². The molecule has 0 aliphatic rings. The molecule has 154 valence electrons. The fourth-order valence-corrected chi connectivity index (χ4v) is 2.97. The number of nitrogens with one attached hydrogen (secondary N) is 2. The first kappa shape index (κ1) is 21.0. The number of nitrogens with zero attached hydrogens (tertiary/aromatic N) is 1. The average Bonchev–Trinajstić information content (AvgIpc) is 3.30. The Bertz CT molecular complexity index is 991. The van der Waals surface area contributed by atoms with Gasteiger partial charge < -0.3 is 15.2 Å². The van der Waals surface area contributed by atoms with Gasteiger partial charge in [-0.05, 0) is 43.3 Å². The molecule has 0 aliphatic carbocycles. The van der Waals surface area contributed by atoms with Gasteiger partial charge in [0.2, 0.25) is 5.91 Å². The number of carbonyl (C=O) groups excluding carboxylic acids is 3. The Labute approximate surface area is 175 Å². The molecule has 0 saturated heterocycles. The van der Waals surface area contributed by atoms with Gasteiger partial charge in [-0.25, -0.2) is 0 Å². The predicted molar refractivity (Wildman–Crippen MR) is 116 cm³/mol. The van der Waals surface area contributed by atoms with Crippen LogP contribution in [-0.2, 0) is 4.79 Å². The van der Waals surface area contributed by atoms with Crippen molar-refractivity contribution in [1.82, 2.24) is 15.2 Å². The molecular weight excluding hydrogens is 378 g/mol. The van der Waals surface area contributed by atoms with E-state index in [1.165, 1.54) is 0 Å². The second-order valence-electron chi connectivity index (χ2n) is 7.03. The molecule has 3 aromatic rings. The van der Waals surface area contributed by atoms with Gasteiger partial charge >= 0.3 is 0 Å². The number of hydrogen-bond acceptors (Lipinski definition) is 3. The van der Waals surface area contributed by atoms with Crippen molar-refractivity contribution in [3.8, 4) is 5.69 Å². The molecule has 1 heterocycles. The van der Waals surface area contributed by atoms with Crippen LogP contribution in [-0.4, -0.2) is 35.3 Å². The molecule has 0 atom stereocenters. The minimum atomic E-state index is -0.208. The number of benzene rings is 2. The van der Waals surface area contributed by atoms with Crippen molar-refractivity contribution in [3.05, 3.63) is 89.7 Å². The molecular formula is C24H25N3O3. The maximum atomic E-state index is 12.2. The molecule has 0 saturated carbocycles. The lowest BCUT2D eigenvalue weighted by Crippen LogP contribution is -2.34. The highest BCUT2D eigenvalue weighted by Crippen LogP contribution is 2.10. The molecule has 0 aliphatic heterocycles. The van der Waals surface area contributed by atoms with Crippen molar-refractivity contribution in [1.29, 1.82) is 0 Å². The Kier molecular flexibility index (Phi) is 7.16. The zero-order chi connectivity index (χ0) is 21.3. The Morgan fingerprint density at radius 2 is 1.37 bits per heavy atom. The molecule has 1 aromatic heterocycles. The highest BCUT2D eigenvalue weighted by molar-refractivity contribution is 5.98. The summed E-state index contributed by atoms with van der Waals surface area (Å²) in [4.78, 5) is 36.2. The van der Waals surface area contributed by atoms with Crippen LogP contribution in [0.1, 0.15) is 39.1 Å². The van der Waals surface area contributed by atoms with Crippen molar-refractivity contribution in [2.75, 3.05) is 13.1 Å². The third-order valence-electron chi connectivity index (χ3n) is 4.72. The Morgan fingerprint density at radius 1 is 0.767 bits per heavy atom. The summed E-state index contributed by atoms with van der Waals surface area (Å²) in [6, 6.07) is 18.5. The van der Waals surface area contributed by atoms with Crippen molar-refractivity contribution < 1.29 is 14.4 Å². The van der Waals surface area contributed by atoms with Crippen LogP contribution in [0.5, 0.6) is 0 Å². The van der Waals surface area contributed by atoms with Gasteiger partial charge in [-0.2, -0.15) is 0 Å². The van der Waals surface area contributed by atoms with E-state index in [2.05, 4.69) is 10.6 Å². The molecule has 2 aromatic carbocycles. The summed E-state index contributed by atoms with van der Waals surface area (Å²) >= 11 is 0. The molecule has 0 unspecified atom stereocenters. The van der Waals surface area contributed by atoms with E-state index in [0.717, 1.165) is 11.3 Å². The quantitative estimate of drug-likeness (QED) is 0.425. The lowest BCUT2D eigenvalue weighted by atomic mass is 10.1. The first-order valence-electron chi connectivity index (χ1n) is 9.91. The molecule has 6 heteroatoms. The van der Waals surface area contributed by atoms with Gasteiger partial charge in [0.1, 0.15) is 0 Å². The first-order chi connectivity index (χ1) is 14.5. The fraction of sp³-hybridized carbons (Fsp3) is 0.208. The largest absolute Gasteiger partial charge is 0.354 e. The Balaban J connectivity index is 1.35. The summed E-state index contributed by atoms with van der Waals surface area (Å²) in [5.41, 5.74) is 3.23. The summed E-state index contributed by atoms with van der Waals surface area (Å²) in [6.07, 6.45) is 4.16. The van der Waals surface area contributed by atoms with Crippen molar-refractivity contribution in [2.24, 2.45) is 0 Å². The van der Waals surface area contributed by atoms with Crippen LogP contribution < -0.4 is 10.6 Å². The van der Waals surface area contributed by atoms with Gasteiger partial charge in [0.25, 0.3) is 5.91 Å². The van der Waals surface area contributed by atoms with E-state index in [1.807, 2.05) is 60.3 Å². The van der Waals surface area contributed by atoms with Gasteiger partial charge in [-0.15, -0.1) is 0 Å². The number of ketones is 1. The van der Waals surface area contributed by atoms with Crippen LogP contribution in [0, 0.1) is 6.92 Å². The average molecular weight is 403 g/mol. The SMILES string of the molecule is Cc1ccc(C(=O)CCC(=O)NCCNC(=O)c2ccc(-n3cccc3)cc2)cc1. The number of hydrogen-bond donors (Lipinski definition) is 2. The molecule has 0 radical (unpaired) electrons. The summed E-state index contributed by atoms with van der Waals surface area (Å²) in [7, 11) is 0.